The van der Waals surface area contributed by atoms with Gasteiger partial charge in [-0.3, -0.25) is 0 Å². The van der Waals surface area contributed by atoms with Crippen LogP contribution in [0.25, 0.3) is 0 Å². The average Bonchev–Trinajstić information content (AvgIpc) is 3.24. The second-order valence-electron chi connectivity index (χ2n) is 8.69. The van der Waals surface area contributed by atoms with Crippen molar-refractivity contribution in [1.29, 1.82) is 0 Å². The van der Waals surface area contributed by atoms with Crippen LogP contribution in [0.1, 0.15) is 39.7 Å². The molecule has 9 heteroatoms. The Bertz CT molecular complexity index is 823. The first kappa shape index (κ1) is 24.2. The molecule has 2 aliphatic rings. The van der Waals surface area contributed by atoms with Gasteiger partial charge in [-0.15, -0.1) is 0 Å². The smallest absolute Gasteiger partial charge is 0.408 e. The van der Waals surface area contributed by atoms with E-state index in [1.165, 1.54) is 0 Å². The van der Waals surface area contributed by atoms with E-state index < -0.39 is 41.9 Å². The number of carboxylic acids is 1. The zero-order valence-electron chi connectivity index (χ0n) is 18.8. The maximum absolute atomic E-state index is 12.0. The number of nitrogens with one attached hydrogen (secondary N) is 1. The fourth-order valence-corrected chi connectivity index (χ4v) is 3.61. The number of alkyl carbamates (subject to hydrolysis) is 1. The van der Waals surface area contributed by atoms with Crippen LogP contribution in [0, 0.1) is 0 Å². The van der Waals surface area contributed by atoms with Gasteiger partial charge in [-0.1, -0.05) is 42.5 Å². The number of amides is 1. The molecule has 1 amide bonds. The van der Waals surface area contributed by atoms with Crippen molar-refractivity contribution in [1.82, 2.24) is 5.32 Å². The number of hydrogen-bond donors (Lipinski definition) is 2. The summed E-state index contributed by atoms with van der Waals surface area (Å²) in [6.45, 7) is 7.70. The second-order valence-corrected chi connectivity index (χ2v) is 8.69. The molecule has 2 N–H and O–H groups in total. The van der Waals surface area contributed by atoms with Crippen LogP contribution in [-0.2, 0) is 35.1 Å². The van der Waals surface area contributed by atoms with Gasteiger partial charge in [-0.2, -0.15) is 0 Å². The van der Waals surface area contributed by atoms with Crippen molar-refractivity contribution in [3.63, 3.8) is 0 Å². The summed E-state index contributed by atoms with van der Waals surface area (Å²) in [6.07, 6.45) is 1.47. The highest BCUT2D eigenvalue weighted by Gasteiger charge is 2.48. The van der Waals surface area contributed by atoms with Gasteiger partial charge in [-0.25, -0.2) is 9.59 Å². The SMILES string of the molecule is CC1(C)O[C@H]([C@H]2COC(C)(C)O2)[C@@H](/C=C/C[C@H](NC(=O)OCc2ccccc2)C(=O)O)O1. The predicted octanol–water partition coefficient (Wildman–Crippen LogP) is 2.98. The van der Waals surface area contributed by atoms with Crippen molar-refractivity contribution in [2.45, 2.75) is 76.7 Å². The van der Waals surface area contributed by atoms with Gasteiger partial charge >= 0.3 is 12.1 Å². The molecule has 0 saturated carbocycles. The Labute approximate surface area is 187 Å². The molecule has 4 atom stereocenters. The van der Waals surface area contributed by atoms with Crippen LogP contribution in [0.15, 0.2) is 42.5 Å². The van der Waals surface area contributed by atoms with E-state index in [4.69, 9.17) is 23.7 Å². The van der Waals surface area contributed by atoms with E-state index in [1.807, 2.05) is 44.2 Å². The first-order chi connectivity index (χ1) is 15.0. The van der Waals surface area contributed by atoms with Crippen LogP contribution in [0.4, 0.5) is 4.79 Å². The third-order valence-electron chi connectivity index (χ3n) is 5.06. The number of carbonyl (C=O) groups excluding carboxylic acids is 1. The van der Waals surface area contributed by atoms with Gasteiger partial charge in [0.05, 0.1) is 6.61 Å². The van der Waals surface area contributed by atoms with E-state index in [0.717, 1.165) is 5.56 Å². The lowest BCUT2D eigenvalue weighted by Gasteiger charge is -2.23. The van der Waals surface area contributed by atoms with Crippen molar-refractivity contribution in [3.8, 4) is 0 Å². The molecule has 0 aliphatic carbocycles. The van der Waals surface area contributed by atoms with Gasteiger partial charge in [0.1, 0.15) is 31.0 Å². The molecule has 0 aromatic heterocycles. The van der Waals surface area contributed by atoms with Gasteiger partial charge in [0, 0.05) is 0 Å². The maximum atomic E-state index is 12.0. The number of carbonyl (C=O) groups is 2. The molecule has 3 rings (SSSR count). The monoisotopic (exact) mass is 449 g/mol. The Morgan fingerprint density at radius 2 is 1.88 bits per heavy atom. The summed E-state index contributed by atoms with van der Waals surface area (Å²) in [5, 5.41) is 11.8. The molecule has 32 heavy (non-hydrogen) atoms. The molecule has 1 aromatic carbocycles. The topological polar surface area (TPSA) is 113 Å². The zero-order chi connectivity index (χ0) is 23.4. The van der Waals surface area contributed by atoms with Crippen LogP contribution in [0.5, 0.6) is 0 Å². The third-order valence-corrected chi connectivity index (χ3v) is 5.06. The zero-order valence-corrected chi connectivity index (χ0v) is 18.8. The number of rotatable bonds is 8. The Kier molecular flexibility index (Phi) is 7.55. The van der Waals surface area contributed by atoms with E-state index in [-0.39, 0.29) is 19.1 Å². The standard InChI is InChI=1S/C23H31NO8/c1-22(2)29-14-18(31-22)19-17(30-23(3,4)32-19)12-8-11-16(20(25)26)24-21(27)28-13-15-9-6-5-7-10-15/h5-10,12,16-19H,11,13-14H2,1-4H3,(H,24,27)(H,25,26)/b12-8+/t16-,17+,18+,19-/m0/s1. The second kappa shape index (κ2) is 9.99. The number of hydrogen-bond acceptors (Lipinski definition) is 7. The lowest BCUT2D eigenvalue weighted by atomic mass is 10.1. The number of benzene rings is 1. The summed E-state index contributed by atoms with van der Waals surface area (Å²) in [5.74, 6) is -2.68. The van der Waals surface area contributed by atoms with Crippen LogP contribution in [-0.4, -0.2) is 59.7 Å². The summed E-state index contributed by atoms with van der Waals surface area (Å²) in [4.78, 5) is 23.6. The largest absolute Gasteiger partial charge is 0.480 e. The molecule has 0 spiro atoms. The Hall–Kier alpha value is -2.46. The van der Waals surface area contributed by atoms with Crippen LogP contribution >= 0.6 is 0 Å². The van der Waals surface area contributed by atoms with Crippen molar-refractivity contribution < 1.29 is 38.4 Å². The molecule has 2 saturated heterocycles. The van der Waals surface area contributed by atoms with Gasteiger partial charge in [0.25, 0.3) is 0 Å². The Balaban J connectivity index is 1.55. The summed E-state index contributed by atoms with van der Waals surface area (Å²) in [6, 6.07) is 7.99. The quantitative estimate of drug-likeness (QED) is 0.583. The Morgan fingerprint density at radius 1 is 1.16 bits per heavy atom. The van der Waals surface area contributed by atoms with E-state index in [9.17, 15) is 14.7 Å². The first-order valence-corrected chi connectivity index (χ1v) is 10.6. The summed E-state index contributed by atoms with van der Waals surface area (Å²) < 4.78 is 28.6. The molecular formula is C23H31NO8. The number of aliphatic carboxylic acids is 1. The number of ether oxygens (including phenoxy) is 5. The van der Waals surface area contributed by atoms with Gasteiger partial charge in [0.15, 0.2) is 11.6 Å². The molecular weight excluding hydrogens is 418 g/mol. The van der Waals surface area contributed by atoms with E-state index in [2.05, 4.69) is 5.32 Å². The fourth-order valence-electron chi connectivity index (χ4n) is 3.61. The van der Waals surface area contributed by atoms with Gasteiger partial charge in [0.2, 0.25) is 0 Å². The maximum Gasteiger partial charge on any atom is 0.408 e. The predicted molar refractivity (Wildman–Crippen MR) is 114 cm³/mol. The lowest BCUT2D eigenvalue weighted by Crippen LogP contribution is -2.40. The van der Waals surface area contributed by atoms with Crippen LogP contribution in [0.3, 0.4) is 0 Å². The van der Waals surface area contributed by atoms with E-state index in [1.54, 1.807) is 26.0 Å². The molecule has 2 fully saturated rings. The minimum atomic E-state index is -1.17. The molecule has 0 radical (unpaired) electrons. The summed E-state index contributed by atoms with van der Waals surface area (Å²) >= 11 is 0. The van der Waals surface area contributed by atoms with Gasteiger partial charge in [-0.05, 0) is 39.7 Å². The fraction of sp³-hybridized carbons (Fsp3) is 0.565. The van der Waals surface area contributed by atoms with Crippen LogP contribution in [0.2, 0.25) is 0 Å². The highest BCUT2D eigenvalue weighted by Crippen LogP contribution is 2.36. The van der Waals surface area contributed by atoms with Crippen molar-refractivity contribution in [2.75, 3.05) is 6.61 Å². The summed E-state index contributed by atoms with van der Waals surface area (Å²) in [5.41, 5.74) is 0.808. The van der Waals surface area contributed by atoms with E-state index >= 15 is 0 Å². The minimum absolute atomic E-state index is 0.0519. The lowest BCUT2D eigenvalue weighted by molar-refractivity contribution is -0.174. The minimum Gasteiger partial charge on any atom is -0.480 e. The van der Waals surface area contributed by atoms with Crippen molar-refractivity contribution in [2.24, 2.45) is 0 Å². The van der Waals surface area contributed by atoms with Crippen LogP contribution < -0.4 is 5.32 Å². The molecule has 2 heterocycles. The molecule has 0 unspecified atom stereocenters. The molecule has 176 valence electrons. The Morgan fingerprint density at radius 3 is 2.50 bits per heavy atom. The summed E-state index contributed by atoms with van der Waals surface area (Å²) in [7, 11) is 0. The highest BCUT2D eigenvalue weighted by molar-refractivity contribution is 5.80. The van der Waals surface area contributed by atoms with Crippen molar-refractivity contribution in [3.05, 3.63) is 48.0 Å². The third kappa shape index (κ3) is 6.77. The van der Waals surface area contributed by atoms with Crippen molar-refractivity contribution >= 4 is 12.1 Å². The normalized spacial score (nSPS) is 27.3. The molecule has 1 aromatic rings. The highest BCUT2D eigenvalue weighted by atomic mass is 16.8. The average molecular weight is 450 g/mol. The van der Waals surface area contributed by atoms with Gasteiger partial charge < -0.3 is 34.1 Å². The molecule has 2 aliphatic heterocycles. The first-order valence-electron chi connectivity index (χ1n) is 10.6. The molecule has 0 bridgehead atoms. The van der Waals surface area contributed by atoms with E-state index in [0.29, 0.717) is 6.61 Å². The molecule has 9 nitrogen and oxygen atoms in total. The number of carboxylic acid groups (broad SMARTS) is 1.